The summed E-state index contributed by atoms with van der Waals surface area (Å²) >= 11 is 0. The van der Waals surface area contributed by atoms with Gasteiger partial charge in [-0.3, -0.25) is 14.7 Å². The number of fused-ring (bicyclic) bond motifs is 1. The number of amides is 1. The molecule has 2 atom stereocenters. The van der Waals surface area contributed by atoms with Gasteiger partial charge in [-0.25, -0.2) is 0 Å². The normalized spacial score (nSPS) is 22.9. The van der Waals surface area contributed by atoms with Crippen LogP contribution in [0.3, 0.4) is 0 Å². The molecule has 0 N–H and O–H groups in total. The van der Waals surface area contributed by atoms with E-state index in [1.165, 1.54) is 5.56 Å². The van der Waals surface area contributed by atoms with Gasteiger partial charge < -0.3 is 9.64 Å². The molecule has 5 heteroatoms. The number of carbonyl (C=O) groups is 1. The minimum atomic E-state index is 0.0599. The zero-order valence-electron chi connectivity index (χ0n) is 16.8. The van der Waals surface area contributed by atoms with Crippen LogP contribution in [-0.2, 0) is 11.3 Å². The molecule has 0 radical (unpaired) electrons. The number of likely N-dealkylation sites (tertiary alicyclic amines) is 1. The third-order valence-corrected chi connectivity index (χ3v) is 5.66. The predicted molar refractivity (Wildman–Crippen MR) is 109 cm³/mol. The van der Waals surface area contributed by atoms with Gasteiger partial charge in [0.05, 0.1) is 18.3 Å². The van der Waals surface area contributed by atoms with E-state index in [0.717, 1.165) is 55.9 Å². The van der Waals surface area contributed by atoms with Crippen molar-refractivity contribution in [1.82, 2.24) is 14.8 Å². The first-order valence-electron chi connectivity index (χ1n) is 10.3. The second-order valence-electron chi connectivity index (χ2n) is 8.06. The maximum absolute atomic E-state index is 13.3. The Morgan fingerprint density at radius 1 is 1.25 bits per heavy atom. The molecule has 148 valence electrons. The molecule has 1 fully saturated rings. The second-order valence-corrected chi connectivity index (χ2v) is 8.06. The highest BCUT2D eigenvalue weighted by atomic mass is 16.5. The maximum atomic E-state index is 13.3. The minimum absolute atomic E-state index is 0.0599. The quantitative estimate of drug-likeness (QED) is 0.815. The standard InChI is InChI=1S/C23H29N3O2/c1-17-9-10-22-19(13-17)15-25(14-18(2)28-22)16-23(27)26-12-6-4-8-21(26)20-7-3-5-11-24-20/h3,5,7,9-11,13,18,21H,4,6,8,12,14-16H2,1-2H3/t18-,21-/m1/s1. The largest absolute Gasteiger partial charge is 0.489 e. The maximum Gasteiger partial charge on any atom is 0.237 e. The van der Waals surface area contributed by atoms with E-state index in [2.05, 4.69) is 35.9 Å². The van der Waals surface area contributed by atoms with Crippen molar-refractivity contribution in [2.75, 3.05) is 19.6 Å². The molecule has 5 nitrogen and oxygen atoms in total. The number of benzene rings is 1. The van der Waals surface area contributed by atoms with E-state index in [0.29, 0.717) is 6.54 Å². The number of nitrogens with zero attached hydrogens (tertiary/aromatic N) is 3. The Morgan fingerprint density at radius 3 is 2.96 bits per heavy atom. The van der Waals surface area contributed by atoms with Crippen molar-refractivity contribution >= 4 is 5.91 Å². The molecule has 28 heavy (non-hydrogen) atoms. The fourth-order valence-electron chi connectivity index (χ4n) is 4.38. The molecule has 4 rings (SSSR count). The average Bonchev–Trinajstić information content (AvgIpc) is 2.85. The molecule has 0 bridgehead atoms. The molecule has 1 saturated heterocycles. The van der Waals surface area contributed by atoms with Crippen LogP contribution in [0.4, 0.5) is 0 Å². The Hall–Kier alpha value is -2.40. The lowest BCUT2D eigenvalue weighted by Crippen LogP contribution is -2.45. The summed E-state index contributed by atoms with van der Waals surface area (Å²) < 4.78 is 6.08. The third-order valence-electron chi connectivity index (χ3n) is 5.66. The van der Waals surface area contributed by atoms with Gasteiger partial charge in [0.2, 0.25) is 5.91 Å². The van der Waals surface area contributed by atoms with Crippen molar-refractivity contribution in [2.45, 2.75) is 51.8 Å². The van der Waals surface area contributed by atoms with Crippen LogP contribution in [0.25, 0.3) is 0 Å². The molecule has 2 aromatic rings. The monoisotopic (exact) mass is 379 g/mol. The SMILES string of the molecule is Cc1ccc2c(c1)CN(CC(=O)N1CCCC[C@@H]1c1ccccn1)C[C@@H](C)O2. The highest BCUT2D eigenvalue weighted by Gasteiger charge is 2.30. The number of aryl methyl sites for hydroxylation is 1. The van der Waals surface area contributed by atoms with E-state index in [1.807, 2.05) is 35.4 Å². The summed E-state index contributed by atoms with van der Waals surface area (Å²) in [6, 6.07) is 12.4. The number of piperidine rings is 1. The van der Waals surface area contributed by atoms with Crippen molar-refractivity contribution in [2.24, 2.45) is 0 Å². The molecular weight excluding hydrogens is 350 g/mol. The molecule has 2 aliphatic heterocycles. The highest BCUT2D eigenvalue weighted by molar-refractivity contribution is 5.79. The lowest BCUT2D eigenvalue weighted by atomic mass is 9.98. The van der Waals surface area contributed by atoms with E-state index in [1.54, 1.807) is 0 Å². The molecule has 0 spiro atoms. The third kappa shape index (κ3) is 4.20. The predicted octanol–water partition coefficient (Wildman–Crippen LogP) is 3.73. The smallest absolute Gasteiger partial charge is 0.237 e. The van der Waals surface area contributed by atoms with Crippen LogP contribution < -0.4 is 4.74 Å². The van der Waals surface area contributed by atoms with E-state index in [9.17, 15) is 4.79 Å². The molecule has 0 unspecified atom stereocenters. The van der Waals surface area contributed by atoms with Crippen LogP contribution in [-0.4, -0.2) is 46.4 Å². The van der Waals surface area contributed by atoms with E-state index >= 15 is 0 Å². The number of hydrogen-bond donors (Lipinski definition) is 0. The molecule has 0 aliphatic carbocycles. The van der Waals surface area contributed by atoms with Crippen molar-refractivity contribution in [3.05, 3.63) is 59.4 Å². The molecule has 0 saturated carbocycles. The summed E-state index contributed by atoms with van der Waals surface area (Å²) in [5.74, 6) is 1.14. The lowest BCUT2D eigenvalue weighted by Gasteiger charge is -2.36. The van der Waals surface area contributed by atoms with Crippen molar-refractivity contribution in [3.8, 4) is 5.75 Å². The van der Waals surface area contributed by atoms with Crippen LogP contribution in [0.2, 0.25) is 0 Å². The van der Waals surface area contributed by atoms with Gasteiger partial charge in [0.1, 0.15) is 11.9 Å². The first kappa shape index (κ1) is 18.9. The van der Waals surface area contributed by atoms with Gasteiger partial charge in [-0.05, 0) is 51.3 Å². The highest BCUT2D eigenvalue weighted by Crippen LogP contribution is 2.30. The number of aromatic nitrogens is 1. The molecule has 2 aliphatic rings. The van der Waals surface area contributed by atoms with Gasteiger partial charge in [0.25, 0.3) is 0 Å². The van der Waals surface area contributed by atoms with Gasteiger partial charge in [0.15, 0.2) is 0 Å². The van der Waals surface area contributed by atoms with Crippen molar-refractivity contribution in [3.63, 3.8) is 0 Å². The number of ether oxygens (including phenoxy) is 1. The Bertz CT molecular complexity index is 824. The summed E-state index contributed by atoms with van der Waals surface area (Å²) in [7, 11) is 0. The van der Waals surface area contributed by atoms with E-state index < -0.39 is 0 Å². The topological polar surface area (TPSA) is 45.7 Å². The fourth-order valence-corrected chi connectivity index (χ4v) is 4.38. The van der Waals surface area contributed by atoms with Crippen molar-refractivity contribution in [1.29, 1.82) is 0 Å². The number of pyridine rings is 1. The second kappa shape index (κ2) is 8.31. The number of carbonyl (C=O) groups excluding carboxylic acids is 1. The van der Waals surface area contributed by atoms with Crippen LogP contribution in [0, 0.1) is 6.92 Å². The number of rotatable bonds is 3. The van der Waals surface area contributed by atoms with Crippen LogP contribution in [0.5, 0.6) is 5.75 Å². The average molecular weight is 380 g/mol. The Balaban J connectivity index is 1.50. The Morgan fingerprint density at radius 2 is 2.14 bits per heavy atom. The zero-order valence-corrected chi connectivity index (χ0v) is 16.8. The minimum Gasteiger partial charge on any atom is -0.489 e. The lowest BCUT2D eigenvalue weighted by molar-refractivity contribution is -0.136. The first-order chi connectivity index (χ1) is 13.6. The summed E-state index contributed by atoms with van der Waals surface area (Å²) in [5, 5.41) is 0. The molecule has 1 aromatic carbocycles. The van der Waals surface area contributed by atoms with E-state index in [-0.39, 0.29) is 18.1 Å². The van der Waals surface area contributed by atoms with Crippen molar-refractivity contribution < 1.29 is 9.53 Å². The Labute approximate surface area is 167 Å². The number of hydrogen-bond acceptors (Lipinski definition) is 4. The summed E-state index contributed by atoms with van der Waals surface area (Å²) in [5.41, 5.74) is 3.38. The van der Waals surface area contributed by atoms with Gasteiger partial charge in [-0.1, -0.05) is 23.8 Å². The fraction of sp³-hybridized carbons (Fsp3) is 0.478. The zero-order chi connectivity index (χ0) is 19.5. The van der Waals surface area contributed by atoms with Crippen LogP contribution in [0.1, 0.15) is 49.0 Å². The first-order valence-corrected chi connectivity index (χ1v) is 10.3. The summed E-state index contributed by atoms with van der Waals surface area (Å²) in [4.78, 5) is 22.1. The van der Waals surface area contributed by atoms with Gasteiger partial charge in [-0.15, -0.1) is 0 Å². The summed E-state index contributed by atoms with van der Waals surface area (Å²) in [6.45, 7) is 6.90. The van der Waals surface area contributed by atoms with Gasteiger partial charge in [0, 0.05) is 31.4 Å². The van der Waals surface area contributed by atoms with Crippen LogP contribution >= 0.6 is 0 Å². The van der Waals surface area contributed by atoms with Gasteiger partial charge in [-0.2, -0.15) is 0 Å². The van der Waals surface area contributed by atoms with Gasteiger partial charge >= 0.3 is 0 Å². The molecular formula is C23H29N3O2. The molecule has 1 amide bonds. The Kier molecular flexibility index (Phi) is 5.62. The molecule has 1 aromatic heterocycles. The summed E-state index contributed by atoms with van der Waals surface area (Å²) in [6.07, 6.45) is 5.08. The molecule has 3 heterocycles. The van der Waals surface area contributed by atoms with E-state index in [4.69, 9.17) is 4.74 Å². The van der Waals surface area contributed by atoms with Crippen LogP contribution in [0.15, 0.2) is 42.6 Å².